The minimum absolute atomic E-state index is 0.0670. The second kappa shape index (κ2) is 7.16. The first-order valence-corrected chi connectivity index (χ1v) is 6.85. The Balaban J connectivity index is 2.60. The molecule has 8 nitrogen and oxygen atoms in total. The zero-order valence-corrected chi connectivity index (χ0v) is 12.8. The summed E-state index contributed by atoms with van der Waals surface area (Å²) < 4.78 is 1.30. The third-order valence-corrected chi connectivity index (χ3v) is 3.10. The van der Waals surface area contributed by atoms with E-state index in [4.69, 9.17) is 0 Å². The Hall–Kier alpha value is -1.96. The first-order chi connectivity index (χ1) is 9.72. The number of carbonyl (C=O) groups excluding carboxylic acids is 1. The van der Waals surface area contributed by atoms with Crippen LogP contribution in [0.4, 0.5) is 5.69 Å². The Labute approximate surface area is 123 Å². The molecule has 0 radical (unpaired) electrons. The number of aromatic nitrogens is 2. The van der Waals surface area contributed by atoms with Gasteiger partial charge in [-0.1, -0.05) is 13.8 Å². The van der Waals surface area contributed by atoms with Crippen molar-refractivity contribution in [3.63, 3.8) is 0 Å². The van der Waals surface area contributed by atoms with Crippen molar-refractivity contribution >= 4 is 11.6 Å². The number of hydrogen-bond acceptors (Lipinski definition) is 5. The summed E-state index contributed by atoms with van der Waals surface area (Å²) >= 11 is 0. The maximum Gasteiger partial charge on any atom is 0.312 e. The van der Waals surface area contributed by atoms with Crippen molar-refractivity contribution in [2.75, 3.05) is 6.54 Å². The second-order valence-electron chi connectivity index (χ2n) is 5.52. The molecular formula is C13H22N4O4. The minimum Gasteiger partial charge on any atom is -0.391 e. The van der Waals surface area contributed by atoms with E-state index in [-0.39, 0.29) is 30.4 Å². The van der Waals surface area contributed by atoms with Gasteiger partial charge in [-0.2, -0.15) is 5.10 Å². The minimum atomic E-state index is -0.594. The molecule has 0 spiro atoms. The summed E-state index contributed by atoms with van der Waals surface area (Å²) in [6, 6.07) is 0. The lowest BCUT2D eigenvalue weighted by molar-refractivity contribution is -0.386. The molecule has 8 heteroatoms. The highest BCUT2D eigenvalue weighted by molar-refractivity contribution is 5.75. The molecule has 2 N–H and O–H groups in total. The summed E-state index contributed by atoms with van der Waals surface area (Å²) in [5.74, 6) is 0.00821. The molecule has 0 bridgehead atoms. The molecule has 1 aromatic rings. The molecule has 0 aromatic carbocycles. The van der Waals surface area contributed by atoms with E-state index in [1.807, 2.05) is 13.8 Å². The van der Waals surface area contributed by atoms with E-state index in [2.05, 4.69) is 10.4 Å². The van der Waals surface area contributed by atoms with Crippen LogP contribution in [0.5, 0.6) is 0 Å². The molecule has 1 aromatic heterocycles. The quantitative estimate of drug-likeness (QED) is 0.574. The van der Waals surface area contributed by atoms with Crippen molar-refractivity contribution in [1.29, 1.82) is 0 Å². The predicted molar refractivity (Wildman–Crippen MR) is 76.8 cm³/mol. The van der Waals surface area contributed by atoms with Gasteiger partial charge in [0.05, 0.1) is 11.0 Å². The highest BCUT2D eigenvalue weighted by atomic mass is 16.6. The van der Waals surface area contributed by atoms with Crippen LogP contribution in [0, 0.1) is 29.9 Å². The summed E-state index contributed by atoms with van der Waals surface area (Å²) in [7, 11) is 0. The van der Waals surface area contributed by atoms with Crippen molar-refractivity contribution in [3.8, 4) is 0 Å². The summed E-state index contributed by atoms with van der Waals surface area (Å²) in [5.41, 5.74) is 0.558. The van der Waals surface area contributed by atoms with E-state index >= 15 is 0 Å². The summed E-state index contributed by atoms with van der Waals surface area (Å²) in [5, 5.41) is 27.2. The van der Waals surface area contributed by atoms with Gasteiger partial charge in [0.25, 0.3) is 0 Å². The molecule has 1 rings (SSSR count). The van der Waals surface area contributed by atoms with Gasteiger partial charge in [-0.25, -0.2) is 0 Å². The fourth-order valence-electron chi connectivity index (χ4n) is 2.16. The number of aryl methyl sites for hydroxylation is 1. The van der Waals surface area contributed by atoms with Crippen LogP contribution in [-0.2, 0) is 11.3 Å². The van der Waals surface area contributed by atoms with Gasteiger partial charge in [0.1, 0.15) is 17.9 Å². The number of nitro groups is 1. The van der Waals surface area contributed by atoms with Gasteiger partial charge >= 0.3 is 5.69 Å². The number of nitrogens with one attached hydrogen (secondary N) is 1. The third-order valence-electron chi connectivity index (χ3n) is 3.10. The van der Waals surface area contributed by atoms with Gasteiger partial charge in [-0.05, 0) is 26.2 Å². The highest BCUT2D eigenvalue weighted by Crippen LogP contribution is 2.21. The van der Waals surface area contributed by atoms with Crippen LogP contribution in [0.15, 0.2) is 0 Å². The number of aliphatic hydroxyl groups is 1. The molecular weight excluding hydrogens is 276 g/mol. The maximum atomic E-state index is 11.8. The maximum absolute atomic E-state index is 11.8. The van der Waals surface area contributed by atoms with Crippen LogP contribution < -0.4 is 5.32 Å². The first-order valence-electron chi connectivity index (χ1n) is 6.85. The fraction of sp³-hybridized carbons (Fsp3) is 0.692. The van der Waals surface area contributed by atoms with E-state index < -0.39 is 11.0 Å². The van der Waals surface area contributed by atoms with Crippen molar-refractivity contribution < 1.29 is 14.8 Å². The van der Waals surface area contributed by atoms with Crippen LogP contribution in [-0.4, -0.2) is 38.4 Å². The average molecular weight is 298 g/mol. The van der Waals surface area contributed by atoms with Crippen LogP contribution in [0.3, 0.4) is 0 Å². The molecule has 1 amide bonds. The molecule has 0 aliphatic carbocycles. The molecule has 118 valence electrons. The lowest BCUT2D eigenvalue weighted by Crippen LogP contribution is -2.35. The summed E-state index contributed by atoms with van der Waals surface area (Å²) in [6.45, 7) is 7.12. The van der Waals surface area contributed by atoms with Crippen molar-refractivity contribution in [1.82, 2.24) is 15.1 Å². The van der Waals surface area contributed by atoms with Crippen LogP contribution >= 0.6 is 0 Å². The zero-order valence-electron chi connectivity index (χ0n) is 12.8. The number of hydrogen-bond donors (Lipinski definition) is 2. The van der Waals surface area contributed by atoms with Gasteiger partial charge in [0, 0.05) is 6.54 Å². The van der Waals surface area contributed by atoms with E-state index in [1.54, 1.807) is 6.92 Å². The number of amides is 1. The molecule has 0 fully saturated rings. The second-order valence-corrected chi connectivity index (χ2v) is 5.52. The largest absolute Gasteiger partial charge is 0.391 e. The van der Waals surface area contributed by atoms with E-state index in [0.29, 0.717) is 18.0 Å². The monoisotopic (exact) mass is 298 g/mol. The number of rotatable bonds is 7. The van der Waals surface area contributed by atoms with Crippen molar-refractivity contribution in [2.24, 2.45) is 5.92 Å². The van der Waals surface area contributed by atoms with Gasteiger partial charge in [0.15, 0.2) is 0 Å². The molecule has 0 aliphatic rings. The van der Waals surface area contributed by atoms with Gasteiger partial charge in [-0.15, -0.1) is 0 Å². The van der Waals surface area contributed by atoms with Gasteiger partial charge < -0.3 is 10.4 Å². The van der Waals surface area contributed by atoms with Crippen molar-refractivity contribution in [3.05, 3.63) is 21.5 Å². The van der Waals surface area contributed by atoms with E-state index in [1.165, 1.54) is 11.6 Å². The molecule has 1 unspecified atom stereocenters. The molecule has 0 aliphatic heterocycles. The Kier molecular flexibility index (Phi) is 5.83. The van der Waals surface area contributed by atoms with Gasteiger partial charge in [0.2, 0.25) is 5.91 Å². The lowest BCUT2D eigenvalue weighted by Gasteiger charge is -2.14. The summed E-state index contributed by atoms with van der Waals surface area (Å²) in [6.07, 6.45) is 0.00908. The fourth-order valence-corrected chi connectivity index (χ4v) is 2.16. The first kappa shape index (κ1) is 17.1. The Morgan fingerprint density at radius 1 is 1.48 bits per heavy atom. The Bertz CT molecular complexity index is 524. The topological polar surface area (TPSA) is 110 Å². The van der Waals surface area contributed by atoms with Crippen LogP contribution in [0.1, 0.15) is 31.7 Å². The molecule has 0 saturated heterocycles. The third kappa shape index (κ3) is 4.82. The van der Waals surface area contributed by atoms with Crippen LogP contribution in [0.25, 0.3) is 0 Å². The van der Waals surface area contributed by atoms with Crippen LogP contribution in [0.2, 0.25) is 0 Å². The predicted octanol–water partition coefficient (Wildman–Crippen LogP) is 0.931. The highest BCUT2D eigenvalue weighted by Gasteiger charge is 2.22. The average Bonchev–Trinajstić information content (AvgIpc) is 2.61. The smallest absolute Gasteiger partial charge is 0.312 e. The molecule has 21 heavy (non-hydrogen) atoms. The van der Waals surface area contributed by atoms with E-state index in [9.17, 15) is 20.0 Å². The number of nitrogens with zero attached hydrogens (tertiary/aromatic N) is 3. The van der Waals surface area contributed by atoms with Crippen molar-refractivity contribution in [2.45, 2.75) is 46.8 Å². The van der Waals surface area contributed by atoms with E-state index in [0.717, 1.165) is 0 Å². The molecule has 0 saturated carbocycles. The SMILES string of the molecule is Cc1nn(CC(=O)NCC(O)CC(C)C)c(C)c1[N+](=O)[O-]. The lowest BCUT2D eigenvalue weighted by atomic mass is 10.1. The number of aliphatic hydroxyl groups excluding tert-OH is 1. The molecule has 1 heterocycles. The standard InChI is InChI=1S/C13H22N4O4/c1-8(2)5-11(18)6-14-12(19)7-16-10(4)13(17(20)21)9(3)15-16/h8,11,18H,5-7H2,1-4H3,(H,14,19). The number of carbonyl (C=O) groups is 1. The Morgan fingerprint density at radius 3 is 2.57 bits per heavy atom. The normalized spacial score (nSPS) is 12.5. The molecule has 1 atom stereocenters. The zero-order chi connectivity index (χ0) is 16.2. The Morgan fingerprint density at radius 2 is 2.10 bits per heavy atom. The van der Waals surface area contributed by atoms with Gasteiger partial charge in [-0.3, -0.25) is 19.6 Å². The summed E-state index contributed by atoms with van der Waals surface area (Å²) in [4.78, 5) is 22.2.